The number of hydrogen-bond donors (Lipinski definition) is 0. The van der Waals surface area contributed by atoms with Crippen LogP contribution in [0.1, 0.15) is 46.5 Å². The second-order valence-corrected chi connectivity index (χ2v) is 3.14. The average molecular weight is 158 g/mol. The predicted molar refractivity (Wildman–Crippen MR) is 49.8 cm³/mol. The molecule has 68 valence electrons. The third-order valence-corrected chi connectivity index (χ3v) is 2.45. The smallest absolute Gasteiger partial charge is 0.0599 e. The standard InChI is InChI=1S/C10H22O/c1-5-8-10(11-4)9(6-2)7-3/h9-10H,5-8H2,1-4H3. The van der Waals surface area contributed by atoms with E-state index in [0.29, 0.717) is 6.10 Å². The highest BCUT2D eigenvalue weighted by Crippen LogP contribution is 2.19. The fourth-order valence-corrected chi connectivity index (χ4v) is 1.64. The van der Waals surface area contributed by atoms with E-state index >= 15 is 0 Å². The zero-order chi connectivity index (χ0) is 8.69. The van der Waals surface area contributed by atoms with E-state index in [1.165, 1.54) is 25.7 Å². The monoisotopic (exact) mass is 158 g/mol. The Morgan fingerprint density at radius 2 is 1.64 bits per heavy atom. The van der Waals surface area contributed by atoms with Crippen LogP contribution in [0.2, 0.25) is 0 Å². The minimum Gasteiger partial charge on any atom is -0.381 e. The van der Waals surface area contributed by atoms with E-state index in [4.69, 9.17) is 4.74 Å². The first-order chi connectivity index (χ1) is 5.29. The Morgan fingerprint density at radius 3 is 1.91 bits per heavy atom. The van der Waals surface area contributed by atoms with Gasteiger partial charge in [0.25, 0.3) is 0 Å². The van der Waals surface area contributed by atoms with Crippen molar-refractivity contribution in [1.29, 1.82) is 0 Å². The molecule has 0 spiro atoms. The van der Waals surface area contributed by atoms with Gasteiger partial charge in [0, 0.05) is 7.11 Å². The zero-order valence-corrected chi connectivity index (χ0v) is 8.39. The maximum absolute atomic E-state index is 5.43. The second-order valence-electron chi connectivity index (χ2n) is 3.14. The van der Waals surface area contributed by atoms with Gasteiger partial charge in [0.2, 0.25) is 0 Å². The van der Waals surface area contributed by atoms with Crippen LogP contribution in [-0.4, -0.2) is 13.2 Å². The normalized spacial score (nSPS) is 13.9. The SMILES string of the molecule is CCCC(OC)C(CC)CC. The zero-order valence-electron chi connectivity index (χ0n) is 8.39. The van der Waals surface area contributed by atoms with E-state index in [-0.39, 0.29) is 0 Å². The summed E-state index contributed by atoms with van der Waals surface area (Å²) in [5.41, 5.74) is 0. The number of rotatable bonds is 6. The summed E-state index contributed by atoms with van der Waals surface area (Å²) in [4.78, 5) is 0. The number of ether oxygens (including phenoxy) is 1. The lowest BCUT2D eigenvalue weighted by Gasteiger charge is -2.23. The third-order valence-electron chi connectivity index (χ3n) is 2.45. The fourth-order valence-electron chi connectivity index (χ4n) is 1.64. The minimum atomic E-state index is 0.495. The quantitative estimate of drug-likeness (QED) is 0.576. The first-order valence-corrected chi connectivity index (χ1v) is 4.82. The van der Waals surface area contributed by atoms with E-state index in [0.717, 1.165) is 5.92 Å². The van der Waals surface area contributed by atoms with Gasteiger partial charge in [-0.2, -0.15) is 0 Å². The van der Waals surface area contributed by atoms with Crippen LogP contribution in [0.25, 0.3) is 0 Å². The van der Waals surface area contributed by atoms with Gasteiger partial charge in [-0.05, 0) is 12.3 Å². The molecule has 0 aromatic carbocycles. The van der Waals surface area contributed by atoms with Gasteiger partial charge in [0.15, 0.2) is 0 Å². The van der Waals surface area contributed by atoms with Crippen molar-refractivity contribution in [2.24, 2.45) is 5.92 Å². The third kappa shape index (κ3) is 3.76. The molecule has 0 rings (SSSR count). The largest absolute Gasteiger partial charge is 0.381 e. The maximum atomic E-state index is 5.43. The van der Waals surface area contributed by atoms with Crippen molar-refractivity contribution in [3.8, 4) is 0 Å². The van der Waals surface area contributed by atoms with E-state index in [1.807, 2.05) is 7.11 Å². The van der Waals surface area contributed by atoms with Crippen molar-refractivity contribution in [2.45, 2.75) is 52.6 Å². The Kier molecular flexibility index (Phi) is 6.63. The van der Waals surface area contributed by atoms with Crippen molar-refractivity contribution in [3.63, 3.8) is 0 Å². The summed E-state index contributed by atoms with van der Waals surface area (Å²) in [7, 11) is 1.83. The van der Waals surface area contributed by atoms with Crippen molar-refractivity contribution in [1.82, 2.24) is 0 Å². The Labute approximate surface area is 71.1 Å². The molecule has 0 fully saturated rings. The van der Waals surface area contributed by atoms with E-state index in [1.54, 1.807) is 0 Å². The molecule has 0 aromatic heterocycles. The lowest BCUT2D eigenvalue weighted by atomic mass is 9.93. The highest BCUT2D eigenvalue weighted by atomic mass is 16.5. The van der Waals surface area contributed by atoms with Gasteiger partial charge in [-0.1, -0.05) is 40.0 Å². The second kappa shape index (κ2) is 6.66. The average Bonchev–Trinajstić information content (AvgIpc) is 2.05. The molecule has 0 amide bonds. The molecule has 0 saturated heterocycles. The fraction of sp³-hybridized carbons (Fsp3) is 1.00. The molecule has 1 nitrogen and oxygen atoms in total. The molecule has 0 radical (unpaired) electrons. The van der Waals surface area contributed by atoms with Crippen LogP contribution < -0.4 is 0 Å². The number of methoxy groups -OCH3 is 1. The van der Waals surface area contributed by atoms with Crippen LogP contribution in [-0.2, 0) is 4.74 Å². The molecule has 0 saturated carbocycles. The molecule has 0 aliphatic heterocycles. The molecule has 0 heterocycles. The maximum Gasteiger partial charge on any atom is 0.0599 e. The molecule has 0 N–H and O–H groups in total. The first kappa shape index (κ1) is 11.0. The molecule has 0 bridgehead atoms. The summed E-state index contributed by atoms with van der Waals surface area (Å²) in [6.07, 6.45) is 5.43. The summed E-state index contributed by atoms with van der Waals surface area (Å²) < 4.78 is 5.43. The lowest BCUT2D eigenvalue weighted by Crippen LogP contribution is -2.21. The van der Waals surface area contributed by atoms with Crippen molar-refractivity contribution in [2.75, 3.05) is 7.11 Å². The van der Waals surface area contributed by atoms with E-state index in [2.05, 4.69) is 20.8 Å². The Hall–Kier alpha value is -0.0400. The predicted octanol–water partition coefficient (Wildman–Crippen LogP) is 3.24. The summed E-state index contributed by atoms with van der Waals surface area (Å²) in [6, 6.07) is 0. The van der Waals surface area contributed by atoms with Crippen molar-refractivity contribution < 1.29 is 4.74 Å². The summed E-state index contributed by atoms with van der Waals surface area (Å²) in [6.45, 7) is 6.71. The van der Waals surface area contributed by atoms with Crippen LogP contribution in [0, 0.1) is 5.92 Å². The molecule has 0 aliphatic carbocycles. The van der Waals surface area contributed by atoms with E-state index < -0.39 is 0 Å². The van der Waals surface area contributed by atoms with Gasteiger partial charge in [-0.3, -0.25) is 0 Å². The van der Waals surface area contributed by atoms with Gasteiger partial charge in [0.1, 0.15) is 0 Å². The molecule has 1 atom stereocenters. The van der Waals surface area contributed by atoms with Crippen molar-refractivity contribution >= 4 is 0 Å². The number of hydrogen-bond acceptors (Lipinski definition) is 1. The topological polar surface area (TPSA) is 9.23 Å². The highest BCUT2D eigenvalue weighted by molar-refractivity contribution is 4.66. The van der Waals surface area contributed by atoms with Gasteiger partial charge in [0.05, 0.1) is 6.10 Å². The van der Waals surface area contributed by atoms with Gasteiger partial charge < -0.3 is 4.74 Å². The Bertz CT molecular complexity index is 76.9. The van der Waals surface area contributed by atoms with E-state index in [9.17, 15) is 0 Å². The van der Waals surface area contributed by atoms with Crippen LogP contribution in [0.5, 0.6) is 0 Å². The summed E-state index contributed by atoms with van der Waals surface area (Å²) in [5, 5.41) is 0. The van der Waals surface area contributed by atoms with Crippen LogP contribution in [0.3, 0.4) is 0 Å². The Balaban J connectivity index is 3.76. The summed E-state index contributed by atoms with van der Waals surface area (Å²) >= 11 is 0. The molecule has 1 unspecified atom stereocenters. The van der Waals surface area contributed by atoms with Gasteiger partial charge in [-0.25, -0.2) is 0 Å². The molecule has 0 aliphatic rings. The molecule has 11 heavy (non-hydrogen) atoms. The molecule has 1 heteroatoms. The summed E-state index contributed by atoms with van der Waals surface area (Å²) in [5.74, 6) is 0.764. The minimum absolute atomic E-state index is 0.495. The van der Waals surface area contributed by atoms with Gasteiger partial charge in [-0.15, -0.1) is 0 Å². The van der Waals surface area contributed by atoms with Crippen LogP contribution in [0.15, 0.2) is 0 Å². The molecule has 0 aromatic rings. The van der Waals surface area contributed by atoms with Crippen molar-refractivity contribution in [3.05, 3.63) is 0 Å². The van der Waals surface area contributed by atoms with Crippen LogP contribution in [0.4, 0.5) is 0 Å². The molecular formula is C10H22O. The Morgan fingerprint density at radius 1 is 1.09 bits per heavy atom. The highest BCUT2D eigenvalue weighted by Gasteiger charge is 2.15. The lowest BCUT2D eigenvalue weighted by molar-refractivity contribution is 0.0415. The van der Waals surface area contributed by atoms with Gasteiger partial charge >= 0.3 is 0 Å². The first-order valence-electron chi connectivity index (χ1n) is 4.82. The molecular weight excluding hydrogens is 136 g/mol. The van der Waals surface area contributed by atoms with Crippen LogP contribution >= 0.6 is 0 Å².